The number of pyridine rings is 1. The van der Waals surface area contributed by atoms with Crippen molar-refractivity contribution in [1.82, 2.24) is 19.6 Å². The number of hydrogen-bond donors (Lipinski definition) is 2. The van der Waals surface area contributed by atoms with Gasteiger partial charge >= 0.3 is 5.97 Å². The molecule has 0 unspecified atom stereocenters. The number of nitrogens with zero attached hydrogens (tertiary/aromatic N) is 4. The third kappa shape index (κ3) is 4.84. The minimum atomic E-state index is -1.20. The van der Waals surface area contributed by atoms with Crippen LogP contribution in [-0.4, -0.2) is 56.6 Å². The third-order valence-corrected chi connectivity index (χ3v) is 7.84. The zero-order chi connectivity index (χ0) is 26.0. The van der Waals surface area contributed by atoms with Crippen LogP contribution >= 0.6 is 15.9 Å². The van der Waals surface area contributed by atoms with E-state index in [9.17, 15) is 9.90 Å². The molecular formula is C27H28BrN5O4. The van der Waals surface area contributed by atoms with Gasteiger partial charge in [0.25, 0.3) is 0 Å². The molecule has 0 atom stereocenters. The van der Waals surface area contributed by atoms with Crippen molar-refractivity contribution in [1.29, 1.82) is 0 Å². The molecule has 0 radical (unpaired) electrons. The largest absolute Gasteiger partial charge is 0.479 e. The van der Waals surface area contributed by atoms with Crippen molar-refractivity contribution in [2.75, 3.05) is 26.1 Å². The van der Waals surface area contributed by atoms with Crippen LogP contribution in [0.25, 0.3) is 28.0 Å². The first-order chi connectivity index (χ1) is 17.9. The Labute approximate surface area is 222 Å². The second-order valence-electron chi connectivity index (χ2n) is 9.20. The second-order valence-corrected chi connectivity index (χ2v) is 10.00. The van der Waals surface area contributed by atoms with E-state index in [2.05, 4.69) is 26.0 Å². The Bertz CT molecular complexity index is 1400. The van der Waals surface area contributed by atoms with Gasteiger partial charge in [-0.15, -0.1) is 0 Å². The molecule has 3 N–H and O–H groups in total. The number of aromatic nitrogens is 4. The fraction of sp³-hybridized carbons (Fsp3) is 0.333. The Hall–Kier alpha value is -3.34. The molecule has 1 fully saturated rings. The lowest BCUT2D eigenvalue weighted by molar-refractivity contribution is -0.173. The van der Waals surface area contributed by atoms with Gasteiger partial charge in [-0.2, -0.15) is 9.61 Å². The van der Waals surface area contributed by atoms with E-state index in [-0.39, 0.29) is 12.5 Å². The molecule has 1 saturated carbocycles. The Morgan fingerprint density at radius 1 is 1.14 bits per heavy atom. The van der Waals surface area contributed by atoms with Gasteiger partial charge in [-0.25, -0.2) is 9.78 Å². The molecule has 192 valence electrons. The average Bonchev–Trinajstić information content (AvgIpc) is 3.36. The molecule has 0 spiro atoms. The number of rotatable bonds is 8. The van der Waals surface area contributed by atoms with Gasteiger partial charge in [0.05, 0.1) is 35.3 Å². The van der Waals surface area contributed by atoms with Crippen molar-refractivity contribution in [3.8, 4) is 22.4 Å². The summed E-state index contributed by atoms with van der Waals surface area (Å²) in [7, 11) is 1.57. The maximum atomic E-state index is 12.1. The molecule has 5 rings (SSSR count). The van der Waals surface area contributed by atoms with Gasteiger partial charge in [0.15, 0.2) is 11.2 Å². The lowest BCUT2D eigenvalue weighted by atomic mass is 9.77. The molecule has 1 aliphatic carbocycles. The quantitative estimate of drug-likeness (QED) is 0.287. The SMILES string of the molecule is COCCOC1(C(=O)O)CCC(c2nc3c(-c4ccc(-c5ccccc5)nc4)cnn3c(N)c2Br)CC1. The number of nitrogen functional groups attached to an aromatic ring is 1. The van der Waals surface area contributed by atoms with Crippen LogP contribution < -0.4 is 5.73 Å². The minimum absolute atomic E-state index is 0.0292. The summed E-state index contributed by atoms with van der Waals surface area (Å²) in [4.78, 5) is 21.7. The predicted octanol–water partition coefficient (Wildman–Crippen LogP) is 4.95. The maximum absolute atomic E-state index is 12.1. The molecular weight excluding hydrogens is 538 g/mol. The van der Waals surface area contributed by atoms with Gasteiger partial charge in [-0.05, 0) is 47.7 Å². The van der Waals surface area contributed by atoms with Crippen LogP contribution in [0.3, 0.4) is 0 Å². The molecule has 0 aliphatic heterocycles. The molecule has 3 heterocycles. The highest BCUT2D eigenvalue weighted by molar-refractivity contribution is 9.10. The number of hydrogen-bond acceptors (Lipinski definition) is 7. The lowest BCUT2D eigenvalue weighted by Gasteiger charge is -2.36. The number of ether oxygens (including phenoxy) is 2. The first-order valence-corrected chi connectivity index (χ1v) is 12.9. The van der Waals surface area contributed by atoms with E-state index in [4.69, 9.17) is 20.2 Å². The molecule has 1 aromatic carbocycles. The standard InChI is InChI=1S/C27H28BrN5O4/c1-36-13-14-37-27(26(34)35)11-9-18(10-12-27)23-22(28)24(29)33-25(32-23)20(16-31-33)19-7-8-21(30-15-19)17-5-3-2-4-6-17/h2-8,15-16,18H,9-14,29H2,1H3,(H,34,35). The van der Waals surface area contributed by atoms with Crippen LogP contribution in [0.1, 0.15) is 37.3 Å². The van der Waals surface area contributed by atoms with E-state index < -0.39 is 11.6 Å². The van der Waals surface area contributed by atoms with E-state index in [0.29, 0.717) is 48.2 Å². The van der Waals surface area contributed by atoms with Crippen LogP contribution in [-0.2, 0) is 14.3 Å². The van der Waals surface area contributed by atoms with Crippen molar-refractivity contribution in [3.63, 3.8) is 0 Å². The number of fused-ring (bicyclic) bond motifs is 1. The number of methoxy groups -OCH3 is 1. The molecule has 10 heteroatoms. The third-order valence-electron chi connectivity index (χ3n) is 7.03. The summed E-state index contributed by atoms with van der Waals surface area (Å²) in [5.41, 5.74) is 10.3. The van der Waals surface area contributed by atoms with E-state index >= 15 is 0 Å². The Kier molecular flexibility index (Phi) is 7.23. The Morgan fingerprint density at radius 3 is 2.54 bits per heavy atom. The Balaban J connectivity index is 1.44. The summed E-state index contributed by atoms with van der Waals surface area (Å²) in [5, 5.41) is 14.4. The Morgan fingerprint density at radius 2 is 1.89 bits per heavy atom. The maximum Gasteiger partial charge on any atom is 0.335 e. The zero-order valence-corrected chi connectivity index (χ0v) is 22.0. The number of carboxylic acids is 1. The molecule has 1 aliphatic rings. The number of anilines is 1. The summed E-state index contributed by atoms with van der Waals surface area (Å²) >= 11 is 3.62. The van der Waals surface area contributed by atoms with E-state index in [1.165, 1.54) is 0 Å². The summed E-state index contributed by atoms with van der Waals surface area (Å²) in [6.45, 7) is 0.592. The topological polar surface area (TPSA) is 125 Å². The van der Waals surface area contributed by atoms with E-state index in [0.717, 1.165) is 28.1 Å². The van der Waals surface area contributed by atoms with Crippen molar-refractivity contribution >= 4 is 33.4 Å². The second kappa shape index (κ2) is 10.6. The van der Waals surface area contributed by atoms with Crippen molar-refractivity contribution in [2.45, 2.75) is 37.2 Å². The van der Waals surface area contributed by atoms with Gasteiger partial charge < -0.3 is 20.3 Å². The number of carbonyl (C=O) groups is 1. The predicted molar refractivity (Wildman–Crippen MR) is 143 cm³/mol. The highest BCUT2D eigenvalue weighted by Crippen LogP contribution is 2.43. The fourth-order valence-corrected chi connectivity index (χ4v) is 5.50. The monoisotopic (exact) mass is 565 g/mol. The number of aliphatic carboxylic acids is 1. The summed E-state index contributed by atoms with van der Waals surface area (Å²) in [5.74, 6) is -0.457. The smallest absolute Gasteiger partial charge is 0.335 e. The molecule has 0 saturated heterocycles. The molecule has 0 amide bonds. The summed E-state index contributed by atoms with van der Waals surface area (Å²) in [6, 6.07) is 14.0. The first-order valence-electron chi connectivity index (χ1n) is 12.1. The number of nitrogens with two attached hydrogens (primary N) is 1. The van der Waals surface area contributed by atoms with Crippen LogP contribution in [0.2, 0.25) is 0 Å². The van der Waals surface area contributed by atoms with Gasteiger partial charge in [0.2, 0.25) is 0 Å². The van der Waals surface area contributed by atoms with Crippen LogP contribution in [0.5, 0.6) is 0 Å². The zero-order valence-electron chi connectivity index (χ0n) is 20.4. The van der Waals surface area contributed by atoms with Crippen molar-refractivity contribution in [2.24, 2.45) is 0 Å². The number of carboxylic acid groups (broad SMARTS) is 1. The van der Waals surface area contributed by atoms with Gasteiger partial charge in [-0.3, -0.25) is 4.98 Å². The molecule has 37 heavy (non-hydrogen) atoms. The number of benzene rings is 1. The molecule has 4 aromatic rings. The molecule has 9 nitrogen and oxygen atoms in total. The average molecular weight is 566 g/mol. The van der Waals surface area contributed by atoms with Crippen LogP contribution in [0, 0.1) is 0 Å². The lowest BCUT2D eigenvalue weighted by Crippen LogP contribution is -2.45. The summed E-state index contributed by atoms with van der Waals surface area (Å²) < 4.78 is 13.1. The minimum Gasteiger partial charge on any atom is -0.479 e. The highest BCUT2D eigenvalue weighted by atomic mass is 79.9. The van der Waals surface area contributed by atoms with Crippen molar-refractivity contribution in [3.05, 3.63) is 65.0 Å². The van der Waals surface area contributed by atoms with Crippen molar-refractivity contribution < 1.29 is 19.4 Å². The van der Waals surface area contributed by atoms with Gasteiger partial charge in [0, 0.05) is 35.9 Å². The first kappa shape index (κ1) is 25.3. The van der Waals surface area contributed by atoms with E-state index in [1.54, 1.807) is 17.8 Å². The highest BCUT2D eigenvalue weighted by Gasteiger charge is 2.44. The van der Waals surface area contributed by atoms with E-state index in [1.807, 2.05) is 48.7 Å². The molecule has 3 aromatic heterocycles. The fourth-order valence-electron chi connectivity index (χ4n) is 4.92. The molecule has 0 bridgehead atoms. The van der Waals surface area contributed by atoms with Gasteiger partial charge in [0.1, 0.15) is 5.82 Å². The van der Waals surface area contributed by atoms with Crippen LogP contribution in [0.4, 0.5) is 5.82 Å². The van der Waals surface area contributed by atoms with Gasteiger partial charge in [-0.1, -0.05) is 36.4 Å². The normalized spacial score (nSPS) is 19.8. The number of halogens is 1. The van der Waals surface area contributed by atoms with Crippen LogP contribution in [0.15, 0.2) is 59.3 Å². The summed E-state index contributed by atoms with van der Waals surface area (Å²) in [6.07, 6.45) is 5.54.